The van der Waals surface area contributed by atoms with Gasteiger partial charge in [0.05, 0.1) is 0 Å². The monoisotopic (exact) mass is 308 g/mol. The molecule has 0 aliphatic carbocycles. The molecule has 118 valence electrons. The van der Waals surface area contributed by atoms with Gasteiger partial charge in [0.15, 0.2) is 5.58 Å². The van der Waals surface area contributed by atoms with Crippen LogP contribution in [-0.4, -0.2) is 10.9 Å². The van der Waals surface area contributed by atoms with Crippen molar-refractivity contribution in [3.05, 3.63) is 48.0 Å². The van der Waals surface area contributed by atoms with Crippen molar-refractivity contribution in [2.75, 3.05) is 5.32 Å². The lowest BCUT2D eigenvalue weighted by Crippen LogP contribution is -2.27. The summed E-state index contributed by atoms with van der Waals surface area (Å²) in [5, 5.41) is 2.91. The zero-order valence-electron chi connectivity index (χ0n) is 13.8. The van der Waals surface area contributed by atoms with Crippen LogP contribution >= 0.6 is 0 Å². The first-order valence-corrected chi connectivity index (χ1v) is 7.62. The van der Waals surface area contributed by atoms with E-state index >= 15 is 0 Å². The largest absolute Gasteiger partial charge is 0.436 e. The Hall–Kier alpha value is -2.62. The summed E-state index contributed by atoms with van der Waals surface area (Å²) >= 11 is 0. The molecule has 3 aromatic rings. The van der Waals surface area contributed by atoms with E-state index in [-0.39, 0.29) is 5.91 Å². The molecule has 0 saturated carbocycles. The number of amides is 1. The molecule has 0 unspecified atom stereocenters. The Morgan fingerprint density at radius 3 is 2.57 bits per heavy atom. The van der Waals surface area contributed by atoms with E-state index in [0.29, 0.717) is 11.5 Å². The van der Waals surface area contributed by atoms with Gasteiger partial charge in [0.1, 0.15) is 5.52 Å². The van der Waals surface area contributed by atoms with Crippen molar-refractivity contribution >= 4 is 22.7 Å². The van der Waals surface area contributed by atoms with Gasteiger partial charge in [-0.05, 0) is 36.8 Å². The lowest BCUT2D eigenvalue weighted by atomic mass is 9.95. The first-order valence-electron chi connectivity index (χ1n) is 7.62. The molecule has 4 heteroatoms. The normalized spacial score (nSPS) is 11.7. The highest BCUT2D eigenvalue weighted by Crippen LogP contribution is 2.28. The Morgan fingerprint density at radius 2 is 1.87 bits per heavy atom. The third-order valence-electron chi connectivity index (χ3n) is 3.70. The summed E-state index contributed by atoms with van der Waals surface area (Å²) in [6.07, 6.45) is 0. The van der Waals surface area contributed by atoms with Gasteiger partial charge in [-0.2, -0.15) is 0 Å². The van der Waals surface area contributed by atoms with Gasteiger partial charge >= 0.3 is 0 Å². The van der Waals surface area contributed by atoms with Gasteiger partial charge < -0.3 is 9.73 Å². The maximum atomic E-state index is 12.1. The zero-order chi connectivity index (χ0) is 16.6. The first-order chi connectivity index (χ1) is 10.8. The number of aryl methyl sites for hydroxylation is 1. The smallest absolute Gasteiger partial charge is 0.229 e. The second kappa shape index (κ2) is 5.54. The molecule has 1 amide bonds. The lowest BCUT2D eigenvalue weighted by molar-refractivity contribution is -0.123. The highest BCUT2D eigenvalue weighted by atomic mass is 16.3. The number of carbonyl (C=O) groups is 1. The van der Waals surface area contributed by atoms with E-state index in [1.807, 2.05) is 70.2 Å². The third-order valence-corrected chi connectivity index (χ3v) is 3.70. The number of benzene rings is 2. The third kappa shape index (κ3) is 3.11. The van der Waals surface area contributed by atoms with Gasteiger partial charge in [-0.15, -0.1) is 0 Å². The molecule has 0 fully saturated rings. The number of anilines is 1. The van der Waals surface area contributed by atoms with Crippen LogP contribution in [0.15, 0.2) is 46.9 Å². The quantitative estimate of drug-likeness (QED) is 0.740. The average Bonchev–Trinajstić information content (AvgIpc) is 2.89. The van der Waals surface area contributed by atoms with Crippen LogP contribution in [0.1, 0.15) is 26.3 Å². The Labute approximate surface area is 135 Å². The highest BCUT2D eigenvalue weighted by Gasteiger charge is 2.21. The molecule has 0 atom stereocenters. The molecule has 0 aliphatic heterocycles. The second-order valence-corrected chi connectivity index (χ2v) is 6.72. The zero-order valence-corrected chi connectivity index (χ0v) is 13.8. The van der Waals surface area contributed by atoms with Crippen molar-refractivity contribution in [3.8, 4) is 11.5 Å². The van der Waals surface area contributed by atoms with Crippen LogP contribution in [-0.2, 0) is 4.79 Å². The van der Waals surface area contributed by atoms with Crippen molar-refractivity contribution < 1.29 is 9.21 Å². The van der Waals surface area contributed by atoms with Gasteiger partial charge in [-0.25, -0.2) is 4.98 Å². The highest BCUT2D eigenvalue weighted by molar-refractivity contribution is 5.96. The number of nitrogens with zero attached hydrogens (tertiary/aromatic N) is 1. The van der Waals surface area contributed by atoms with Crippen molar-refractivity contribution in [3.63, 3.8) is 0 Å². The Morgan fingerprint density at radius 1 is 1.13 bits per heavy atom. The molecule has 0 bridgehead atoms. The molecule has 1 N–H and O–H groups in total. The number of rotatable bonds is 2. The van der Waals surface area contributed by atoms with E-state index in [2.05, 4.69) is 10.3 Å². The SMILES string of the molecule is Cc1ccccc1-c1nc2cc(NC(=O)C(C)(C)C)ccc2o1. The van der Waals surface area contributed by atoms with Crippen molar-refractivity contribution in [1.82, 2.24) is 4.98 Å². The molecule has 3 rings (SSSR count). The van der Waals surface area contributed by atoms with E-state index in [1.165, 1.54) is 0 Å². The Bertz CT molecular complexity index is 872. The maximum absolute atomic E-state index is 12.1. The number of hydrogen-bond acceptors (Lipinski definition) is 3. The molecule has 0 spiro atoms. The summed E-state index contributed by atoms with van der Waals surface area (Å²) in [5.74, 6) is 0.567. The number of oxazole rings is 1. The summed E-state index contributed by atoms with van der Waals surface area (Å²) in [4.78, 5) is 16.6. The van der Waals surface area contributed by atoms with E-state index < -0.39 is 5.41 Å². The van der Waals surface area contributed by atoms with Gasteiger partial charge in [0.2, 0.25) is 11.8 Å². The lowest BCUT2D eigenvalue weighted by Gasteiger charge is -2.17. The van der Waals surface area contributed by atoms with Crippen LogP contribution in [0.2, 0.25) is 0 Å². The molecule has 1 heterocycles. The summed E-state index contributed by atoms with van der Waals surface area (Å²) in [6, 6.07) is 13.5. The van der Waals surface area contributed by atoms with Crippen LogP contribution in [0.25, 0.3) is 22.6 Å². The molecule has 1 aromatic heterocycles. The first kappa shape index (κ1) is 15.3. The standard InChI is InChI=1S/C19H20N2O2/c1-12-7-5-6-8-14(12)17-21-15-11-13(9-10-16(15)23-17)20-18(22)19(2,3)4/h5-11H,1-4H3,(H,20,22). The molecule has 0 saturated heterocycles. The number of aromatic nitrogens is 1. The second-order valence-electron chi connectivity index (χ2n) is 6.72. The molecular formula is C19H20N2O2. The molecule has 2 aromatic carbocycles. The minimum atomic E-state index is -0.439. The molecule has 23 heavy (non-hydrogen) atoms. The summed E-state index contributed by atoms with van der Waals surface area (Å²) in [6.45, 7) is 7.67. The number of carbonyl (C=O) groups excluding carboxylic acids is 1. The van der Waals surface area contributed by atoms with E-state index in [0.717, 1.165) is 22.3 Å². The summed E-state index contributed by atoms with van der Waals surface area (Å²) < 4.78 is 5.84. The van der Waals surface area contributed by atoms with Gasteiger partial charge in [0.25, 0.3) is 0 Å². The predicted octanol–water partition coefficient (Wildman–Crippen LogP) is 4.79. The maximum Gasteiger partial charge on any atom is 0.229 e. The van der Waals surface area contributed by atoms with Crippen molar-refractivity contribution in [2.24, 2.45) is 5.41 Å². The van der Waals surface area contributed by atoms with Crippen LogP contribution < -0.4 is 5.32 Å². The molecule has 0 aliphatic rings. The van der Waals surface area contributed by atoms with Gasteiger partial charge in [0, 0.05) is 16.7 Å². The fraction of sp³-hybridized carbons (Fsp3) is 0.263. The fourth-order valence-corrected chi connectivity index (χ4v) is 2.25. The van der Waals surface area contributed by atoms with Crippen LogP contribution in [0.4, 0.5) is 5.69 Å². The van der Waals surface area contributed by atoms with E-state index in [9.17, 15) is 4.79 Å². The van der Waals surface area contributed by atoms with Crippen LogP contribution in [0.3, 0.4) is 0 Å². The molecule has 0 radical (unpaired) electrons. The Kier molecular flexibility index (Phi) is 3.68. The number of nitrogens with one attached hydrogen (secondary N) is 1. The van der Waals surface area contributed by atoms with Crippen molar-refractivity contribution in [2.45, 2.75) is 27.7 Å². The minimum absolute atomic E-state index is 0.0283. The van der Waals surface area contributed by atoms with Gasteiger partial charge in [-0.3, -0.25) is 4.79 Å². The van der Waals surface area contributed by atoms with Crippen molar-refractivity contribution in [1.29, 1.82) is 0 Å². The number of fused-ring (bicyclic) bond motifs is 1. The summed E-state index contributed by atoms with van der Waals surface area (Å²) in [5.41, 5.74) is 3.81. The van der Waals surface area contributed by atoms with Crippen LogP contribution in [0, 0.1) is 12.3 Å². The van der Waals surface area contributed by atoms with Gasteiger partial charge in [-0.1, -0.05) is 39.0 Å². The molecular weight excluding hydrogens is 288 g/mol. The predicted molar refractivity (Wildman–Crippen MR) is 92.3 cm³/mol. The summed E-state index contributed by atoms with van der Waals surface area (Å²) in [7, 11) is 0. The van der Waals surface area contributed by atoms with E-state index in [1.54, 1.807) is 0 Å². The van der Waals surface area contributed by atoms with E-state index in [4.69, 9.17) is 4.42 Å². The number of hydrogen-bond donors (Lipinski definition) is 1. The average molecular weight is 308 g/mol. The fourth-order valence-electron chi connectivity index (χ4n) is 2.25. The Balaban J connectivity index is 1.96. The molecule has 4 nitrogen and oxygen atoms in total. The van der Waals surface area contributed by atoms with Crippen LogP contribution in [0.5, 0.6) is 0 Å². The topological polar surface area (TPSA) is 55.1 Å². The minimum Gasteiger partial charge on any atom is -0.436 e.